The molecule has 0 atom stereocenters. The van der Waals surface area contributed by atoms with Gasteiger partial charge in [-0.15, -0.1) is 0 Å². The highest BCUT2D eigenvalue weighted by Crippen LogP contribution is 2.52. The molecule has 11 aromatic rings. The molecule has 0 bridgehead atoms. The van der Waals surface area contributed by atoms with Gasteiger partial charge in [-0.2, -0.15) is 0 Å². The highest BCUT2D eigenvalue weighted by atomic mass is 15.2. The molecule has 2 nitrogen and oxygen atoms in total. The van der Waals surface area contributed by atoms with Gasteiger partial charge in [-0.1, -0.05) is 247 Å². The van der Waals surface area contributed by atoms with Gasteiger partial charge in [-0.3, -0.25) is 0 Å². The van der Waals surface area contributed by atoms with Crippen molar-refractivity contribution in [2.45, 2.75) is 105 Å². The van der Waals surface area contributed by atoms with E-state index in [1.54, 1.807) is 0 Å². The molecule has 11 aromatic carbocycles. The quantitative estimate of drug-likeness (QED) is 0.153. The lowest BCUT2D eigenvalue weighted by Crippen LogP contribution is -2.61. The van der Waals surface area contributed by atoms with Crippen LogP contribution in [0.4, 0.5) is 34.1 Å². The minimum atomic E-state index is -0.114. The van der Waals surface area contributed by atoms with Crippen molar-refractivity contribution in [2.75, 3.05) is 9.80 Å². The summed E-state index contributed by atoms with van der Waals surface area (Å²) in [5.74, 6) is 0. The Morgan fingerprint density at radius 3 is 0.938 bits per heavy atom. The predicted octanol–water partition coefficient (Wildman–Crippen LogP) is 19.9. The molecule has 0 N–H and O–H groups in total. The van der Waals surface area contributed by atoms with Gasteiger partial charge in [0, 0.05) is 34.1 Å². The first-order valence-electron chi connectivity index (χ1n) is 29.2. The lowest BCUT2D eigenvalue weighted by molar-refractivity contribution is 0.568. The van der Waals surface area contributed by atoms with Crippen LogP contribution in [-0.4, -0.2) is 6.71 Å². The van der Waals surface area contributed by atoms with Crippen molar-refractivity contribution in [1.82, 2.24) is 0 Å². The molecule has 398 valence electrons. The normalized spacial score (nSPS) is 13.4. The van der Waals surface area contributed by atoms with Crippen LogP contribution in [0, 0.1) is 0 Å². The van der Waals surface area contributed by atoms with Gasteiger partial charge in [0.25, 0.3) is 6.71 Å². The van der Waals surface area contributed by atoms with Gasteiger partial charge in [-0.05, 0) is 187 Å². The van der Waals surface area contributed by atoms with E-state index in [9.17, 15) is 0 Å². The summed E-state index contributed by atoms with van der Waals surface area (Å²) >= 11 is 0. The number of benzene rings is 11. The molecule has 0 saturated heterocycles. The van der Waals surface area contributed by atoms with Crippen molar-refractivity contribution in [3.63, 3.8) is 0 Å². The average Bonchev–Trinajstić information content (AvgIpc) is 1.57. The fourth-order valence-corrected chi connectivity index (χ4v) is 12.7. The van der Waals surface area contributed by atoms with E-state index in [1.807, 2.05) is 0 Å². The Kier molecular flexibility index (Phi) is 12.3. The molecule has 0 saturated carbocycles. The van der Waals surface area contributed by atoms with Gasteiger partial charge < -0.3 is 9.80 Å². The second-order valence-corrected chi connectivity index (χ2v) is 27.1. The van der Waals surface area contributed by atoms with E-state index >= 15 is 0 Å². The average molecular weight is 1050 g/mol. The summed E-state index contributed by atoms with van der Waals surface area (Å²) in [4.78, 5) is 5.34. The standard InChI is InChI=1S/C78H73BN2/c1-75(2,3)59-44-60(76(4,5)6)47-63(46-59)80-69-40-55-34-24-22-32-53(55)38-67(69)79-68-39-54-33-23-25-35-56(54)41-70(68)81(64-48-61(77(7,8)9)45-62(49-64)78(10,11)12)72-43-58(42-71(80)74(72)79)73-65(51-28-18-14-19-29-51)36-57(50-26-16-13-17-27-50)37-66(73)52-30-20-15-21-31-52/h13-49H,1-12H3. The Bertz CT molecular complexity index is 3940. The zero-order valence-electron chi connectivity index (χ0n) is 49.3. The van der Waals surface area contributed by atoms with Crippen molar-refractivity contribution < 1.29 is 0 Å². The topological polar surface area (TPSA) is 6.48 Å². The molecule has 0 amide bonds. The Balaban J connectivity index is 1.25. The van der Waals surface area contributed by atoms with Crippen LogP contribution in [0.25, 0.3) is 66.1 Å². The maximum absolute atomic E-state index is 2.67. The van der Waals surface area contributed by atoms with Gasteiger partial charge >= 0.3 is 0 Å². The minimum absolute atomic E-state index is 0.0980. The molecule has 0 fully saturated rings. The molecule has 2 aliphatic heterocycles. The SMILES string of the molecule is CC(C)(C)c1cc(N2c3cc4ccccc4cc3B3c4cc5ccccc5cc4N(c4cc(C(C)(C)C)cc(C(C)(C)C)c4)c4cc(-c5c(-c6ccccc6)cc(-c6ccccc6)cc5-c5ccccc5)cc2c43)cc(C(C)(C)C)c1. The number of hydrogen-bond acceptors (Lipinski definition) is 2. The summed E-state index contributed by atoms with van der Waals surface area (Å²) in [6.07, 6.45) is 0. The molecule has 0 aromatic heterocycles. The van der Waals surface area contributed by atoms with Crippen LogP contribution in [0.15, 0.2) is 224 Å². The molecule has 0 radical (unpaired) electrons. The second kappa shape index (κ2) is 19.1. The fourth-order valence-electron chi connectivity index (χ4n) is 12.7. The Hall–Kier alpha value is -8.40. The molecular weight excluding hydrogens is 976 g/mol. The van der Waals surface area contributed by atoms with Gasteiger partial charge in [0.15, 0.2) is 0 Å². The number of rotatable bonds is 6. The second-order valence-electron chi connectivity index (χ2n) is 27.1. The summed E-state index contributed by atoms with van der Waals surface area (Å²) in [5, 5.41) is 4.94. The summed E-state index contributed by atoms with van der Waals surface area (Å²) in [6, 6.07) is 86.1. The third kappa shape index (κ3) is 9.26. The van der Waals surface area contributed by atoms with Crippen LogP contribution in [-0.2, 0) is 21.7 Å². The summed E-state index contributed by atoms with van der Waals surface area (Å²) in [7, 11) is 0. The first-order chi connectivity index (χ1) is 38.7. The maximum atomic E-state index is 2.67. The lowest BCUT2D eigenvalue weighted by Gasteiger charge is -2.45. The fraction of sp³-hybridized carbons (Fsp3) is 0.205. The van der Waals surface area contributed by atoms with Crippen molar-refractivity contribution in [3.8, 4) is 44.5 Å². The van der Waals surface area contributed by atoms with Crippen molar-refractivity contribution in [1.29, 1.82) is 0 Å². The van der Waals surface area contributed by atoms with Crippen molar-refractivity contribution in [2.24, 2.45) is 0 Å². The lowest BCUT2D eigenvalue weighted by atomic mass is 9.33. The number of hydrogen-bond donors (Lipinski definition) is 0. The highest BCUT2D eigenvalue weighted by Gasteiger charge is 2.45. The van der Waals surface area contributed by atoms with Crippen molar-refractivity contribution in [3.05, 3.63) is 247 Å². The third-order valence-electron chi connectivity index (χ3n) is 17.3. The van der Waals surface area contributed by atoms with Crippen LogP contribution in [0.3, 0.4) is 0 Å². The zero-order chi connectivity index (χ0) is 56.3. The van der Waals surface area contributed by atoms with Crippen molar-refractivity contribution >= 4 is 78.8 Å². The van der Waals surface area contributed by atoms with Crippen LogP contribution >= 0.6 is 0 Å². The molecule has 0 spiro atoms. The van der Waals surface area contributed by atoms with E-state index in [1.165, 1.54) is 133 Å². The van der Waals surface area contributed by atoms with E-state index in [0.29, 0.717) is 0 Å². The Labute approximate surface area is 481 Å². The smallest absolute Gasteiger partial charge is 0.252 e. The number of fused-ring (bicyclic) bond motifs is 6. The summed E-state index contributed by atoms with van der Waals surface area (Å²) < 4.78 is 0. The monoisotopic (exact) mass is 1050 g/mol. The van der Waals surface area contributed by atoms with E-state index < -0.39 is 0 Å². The molecule has 0 unspecified atom stereocenters. The maximum Gasteiger partial charge on any atom is 0.252 e. The van der Waals surface area contributed by atoms with Crippen LogP contribution in [0.5, 0.6) is 0 Å². The highest BCUT2D eigenvalue weighted by molar-refractivity contribution is 7.00. The first-order valence-corrected chi connectivity index (χ1v) is 29.2. The largest absolute Gasteiger partial charge is 0.311 e. The third-order valence-corrected chi connectivity index (χ3v) is 17.3. The van der Waals surface area contributed by atoms with E-state index in [-0.39, 0.29) is 28.4 Å². The van der Waals surface area contributed by atoms with E-state index in [2.05, 4.69) is 317 Å². The van der Waals surface area contributed by atoms with E-state index in [0.717, 1.165) is 5.56 Å². The Morgan fingerprint density at radius 2 is 0.593 bits per heavy atom. The summed E-state index contributed by atoms with van der Waals surface area (Å²) in [5.41, 5.74) is 25.4. The van der Waals surface area contributed by atoms with Crippen LogP contribution in [0.1, 0.15) is 105 Å². The van der Waals surface area contributed by atoms with Crippen LogP contribution in [0.2, 0.25) is 0 Å². The van der Waals surface area contributed by atoms with Crippen LogP contribution < -0.4 is 26.2 Å². The van der Waals surface area contributed by atoms with Gasteiger partial charge in [-0.25, -0.2) is 0 Å². The number of nitrogens with zero attached hydrogens (tertiary/aromatic N) is 2. The molecule has 0 aliphatic carbocycles. The van der Waals surface area contributed by atoms with Gasteiger partial charge in [0.1, 0.15) is 0 Å². The minimum Gasteiger partial charge on any atom is -0.311 e. The van der Waals surface area contributed by atoms with Gasteiger partial charge in [0.05, 0.1) is 0 Å². The molecule has 3 heteroatoms. The van der Waals surface area contributed by atoms with E-state index in [4.69, 9.17) is 0 Å². The molecule has 2 aliphatic rings. The number of anilines is 6. The summed E-state index contributed by atoms with van der Waals surface area (Å²) in [6.45, 7) is 28.2. The predicted molar refractivity (Wildman–Crippen MR) is 352 cm³/mol. The Morgan fingerprint density at radius 1 is 0.272 bits per heavy atom. The molecular formula is C78H73BN2. The first kappa shape index (κ1) is 52.0. The zero-order valence-corrected chi connectivity index (χ0v) is 49.3. The molecule has 2 heterocycles. The molecule has 81 heavy (non-hydrogen) atoms. The molecule has 13 rings (SSSR count). The van der Waals surface area contributed by atoms with Gasteiger partial charge in [0.2, 0.25) is 0 Å².